The average molecular weight is 180 g/mol. The quantitative estimate of drug-likeness (QED) is 0.625. The number of rotatable bonds is 1. The van der Waals surface area contributed by atoms with Gasteiger partial charge >= 0.3 is 0 Å². The molecule has 70 valence electrons. The van der Waals surface area contributed by atoms with E-state index in [-0.39, 0.29) is 6.04 Å². The Balaban J connectivity index is 2.26. The van der Waals surface area contributed by atoms with E-state index in [1.807, 2.05) is 19.9 Å². The first-order valence-electron chi connectivity index (χ1n) is 4.25. The lowest BCUT2D eigenvalue weighted by atomic mass is 10.4. The molecule has 2 rings (SSSR count). The number of aliphatic hydroxyl groups is 1. The molecule has 1 atom stereocenters. The Hall–Kier alpha value is -1.36. The third-order valence-corrected chi connectivity index (χ3v) is 1.96. The van der Waals surface area contributed by atoms with Crippen molar-refractivity contribution in [1.82, 2.24) is 10.0 Å². The molecule has 0 fully saturated rings. The van der Waals surface area contributed by atoms with Gasteiger partial charge in [0.15, 0.2) is 5.84 Å². The van der Waals surface area contributed by atoms with E-state index in [0.717, 1.165) is 0 Å². The number of hydrogen-bond donors (Lipinski definition) is 1. The van der Waals surface area contributed by atoms with Gasteiger partial charge in [-0.05, 0) is 26.0 Å². The summed E-state index contributed by atoms with van der Waals surface area (Å²) in [5.74, 6) is 0.684. The van der Waals surface area contributed by atoms with Crippen LogP contribution in [-0.2, 0) is 0 Å². The van der Waals surface area contributed by atoms with Crippen LogP contribution < -0.4 is 0 Å². The van der Waals surface area contributed by atoms with Crippen LogP contribution in [0.5, 0.6) is 0 Å². The van der Waals surface area contributed by atoms with Crippen LogP contribution in [-0.4, -0.2) is 39.6 Å². The number of amidine groups is 1. The van der Waals surface area contributed by atoms with Crippen molar-refractivity contribution in [3.63, 3.8) is 0 Å². The van der Waals surface area contributed by atoms with Crippen LogP contribution in [0.2, 0.25) is 0 Å². The van der Waals surface area contributed by atoms with E-state index in [1.54, 1.807) is 17.3 Å². The molecule has 0 amide bonds. The van der Waals surface area contributed by atoms with Crippen molar-refractivity contribution in [2.24, 2.45) is 10.2 Å². The van der Waals surface area contributed by atoms with Crippen LogP contribution in [0.15, 0.2) is 22.4 Å². The number of fused-ring (bicyclic) bond motifs is 1. The van der Waals surface area contributed by atoms with Gasteiger partial charge in [0.05, 0.1) is 0 Å². The van der Waals surface area contributed by atoms with E-state index in [2.05, 4.69) is 10.2 Å². The summed E-state index contributed by atoms with van der Waals surface area (Å²) >= 11 is 0. The minimum atomic E-state index is -0.767. The molecule has 0 aliphatic carbocycles. The molecule has 0 aromatic rings. The minimum Gasteiger partial charge on any atom is -0.354 e. The number of aliphatic hydroxyl groups excluding tert-OH is 1. The largest absolute Gasteiger partial charge is 0.354 e. The summed E-state index contributed by atoms with van der Waals surface area (Å²) in [6.07, 6.45) is 4.48. The Kier molecular flexibility index (Phi) is 1.81. The molecule has 2 aliphatic heterocycles. The fourth-order valence-electron chi connectivity index (χ4n) is 1.30. The zero-order chi connectivity index (χ0) is 9.42. The fourth-order valence-corrected chi connectivity index (χ4v) is 1.30. The van der Waals surface area contributed by atoms with E-state index in [0.29, 0.717) is 5.84 Å². The van der Waals surface area contributed by atoms with E-state index in [9.17, 15) is 5.11 Å². The van der Waals surface area contributed by atoms with Gasteiger partial charge in [0, 0.05) is 12.3 Å². The van der Waals surface area contributed by atoms with E-state index in [1.165, 1.54) is 5.01 Å². The Morgan fingerprint density at radius 1 is 1.54 bits per heavy atom. The van der Waals surface area contributed by atoms with Crippen molar-refractivity contribution in [1.29, 1.82) is 0 Å². The van der Waals surface area contributed by atoms with Crippen molar-refractivity contribution in [3.8, 4) is 0 Å². The van der Waals surface area contributed by atoms with Crippen LogP contribution in [0.25, 0.3) is 0 Å². The molecule has 0 aromatic heterocycles. The van der Waals surface area contributed by atoms with Crippen LogP contribution in [0, 0.1) is 0 Å². The molecular formula is C8H12N4O. The number of nitrogens with zero attached hydrogens (tertiary/aromatic N) is 4. The molecule has 5 nitrogen and oxygen atoms in total. The molecule has 0 radical (unpaired) electrons. The van der Waals surface area contributed by atoms with Gasteiger partial charge in [-0.25, -0.2) is 5.01 Å². The molecule has 5 heteroatoms. The van der Waals surface area contributed by atoms with Crippen LogP contribution >= 0.6 is 0 Å². The second-order valence-corrected chi connectivity index (χ2v) is 3.25. The third kappa shape index (κ3) is 1.21. The summed E-state index contributed by atoms with van der Waals surface area (Å²) in [7, 11) is 0. The van der Waals surface area contributed by atoms with Crippen molar-refractivity contribution in [2.75, 3.05) is 0 Å². The van der Waals surface area contributed by atoms with Crippen molar-refractivity contribution in [2.45, 2.75) is 26.2 Å². The Bertz CT molecular complexity index is 295. The predicted octanol–water partition coefficient (Wildman–Crippen LogP) is 0.157. The normalized spacial score (nSPS) is 25.5. The monoisotopic (exact) mass is 180 g/mol. The summed E-state index contributed by atoms with van der Waals surface area (Å²) < 4.78 is 0. The summed E-state index contributed by atoms with van der Waals surface area (Å²) in [6.45, 7) is 3.94. The zero-order valence-corrected chi connectivity index (χ0v) is 7.62. The lowest BCUT2D eigenvalue weighted by Gasteiger charge is -2.26. The van der Waals surface area contributed by atoms with Gasteiger partial charge in [-0.1, -0.05) is 0 Å². The maximum absolute atomic E-state index is 9.74. The van der Waals surface area contributed by atoms with Crippen molar-refractivity contribution >= 4 is 12.1 Å². The zero-order valence-electron chi connectivity index (χ0n) is 7.62. The topological polar surface area (TPSA) is 51.4 Å². The third-order valence-electron chi connectivity index (χ3n) is 1.96. The molecule has 0 aromatic carbocycles. The molecule has 0 saturated carbocycles. The highest BCUT2D eigenvalue weighted by Gasteiger charge is 2.33. The van der Waals surface area contributed by atoms with Crippen molar-refractivity contribution in [3.05, 3.63) is 12.2 Å². The molecule has 2 heterocycles. The van der Waals surface area contributed by atoms with Gasteiger partial charge in [0.25, 0.3) is 0 Å². The Labute approximate surface area is 76.6 Å². The van der Waals surface area contributed by atoms with E-state index < -0.39 is 6.35 Å². The van der Waals surface area contributed by atoms with Gasteiger partial charge in [-0.15, -0.1) is 0 Å². The highest BCUT2D eigenvalue weighted by Crippen LogP contribution is 2.19. The molecule has 0 saturated heterocycles. The predicted molar refractivity (Wildman–Crippen MR) is 49.9 cm³/mol. The van der Waals surface area contributed by atoms with Crippen molar-refractivity contribution < 1.29 is 5.11 Å². The van der Waals surface area contributed by atoms with Crippen LogP contribution in [0.1, 0.15) is 13.8 Å². The lowest BCUT2D eigenvalue weighted by molar-refractivity contribution is -0.0723. The summed E-state index contributed by atoms with van der Waals surface area (Å²) in [6, 6.07) is 0.164. The number of allylic oxidation sites excluding steroid dienone is 1. The minimum absolute atomic E-state index is 0.164. The average Bonchev–Trinajstić information content (AvgIpc) is 2.45. The van der Waals surface area contributed by atoms with E-state index in [4.69, 9.17) is 0 Å². The Morgan fingerprint density at radius 3 is 2.92 bits per heavy atom. The SMILES string of the molecule is CC(C)N1N=C2C=CC=NN2C1O. The van der Waals surface area contributed by atoms with E-state index >= 15 is 0 Å². The molecule has 0 bridgehead atoms. The standard InChI is InChI=1S/C8H12N4O/c1-6(2)11-8(13)12-7(10-11)4-3-5-9-12/h3-6,8,13H,1-2H3. The second kappa shape index (κ2) is 2.85. The second-order valence-electron chi connectivity index (χ2n) is 3.25. The van der Waals surface area contributed by atoms with Gasteiger partial charge in [-0.2, -0.15) is 15.2 Å². The van der Waals surface area contributed by atoms with Crippen LogP contribution in [0.3, 0.4) is 0 Å². The molecule has 13 heavy (non-hydrogen) atoms. The molecule has 1 unspecified atom stereocenters. The fraction of sp³-hybridized carbons (Fsp3) is 0.500. The molecule has 1 N–H and O–H groups in total. The van der Waals surface area contributed by atoms with Gasteiger partial charge in [0.1, 0.15) is 0 Å². The summed E-state index contributed by atoms with van der Waals surface area (Å²) in [4.78, 5) is 0. The summed E-state index contributed by atoms with van der Waals surface area (Å²) in [5, 5.41) is 21.1. The Morgan fingerprint density at radius 2 is 2.31 bits per heavy atom. The summed E-state index contributed by atoms with van der Waals surface area (Å²) in [5.41, 5.74) is 0. The maximum Gasteiger partial charge on any atom is 0.244 e. The lowest BCUT2D eigenvalue weighted by Crippen LogP contribution is -2.41. The smallest absolute Gasteiger partial charge is 0.244 e. The first-order valence-corrected chi connectivity index (χ1v) is 4.25. The first-order chi connectivity index (χ1) is 6.20. The van der Waals surface area contributed by atoms with Crippen LogP contribution in [0.4, 0.5) is 0 Å². The highest BCUT2D eigenvalue weighted by molar-refractivity contribution is 5.99. The molecule has 2 aliphatic rings. The first kappa shape index (κ1) is 8.25. The number of hydrazone groups is 2. The van der Waals surface area contributed by atoms with Gasteiger partial charge < -0.3 is 5.11 Å². The van der Waals surface area contributed by atoms with Gasteiger partial charge in [-0.3, -0.25) is 0 Å². The number of hydrogen-bond acceptors (Lipinski definition) is 5. The van der Waals surface area contributed by atoms with Gasteiger partial charge in [0.2, 0.25) is 6.35 Å². The molecule has 0 spiro atoms. The highest BCUT2D eigenvalue weighted by atomic mass is 16.3. The molecular weight excluding hydrogens is 168 g/mol. The maximum atomic E-state index is 9.74.